The topological polar surface area (TPSA) is 63.1 Å². The fourth-order valence-electron chi connectivity index (χ4n) is 4.51. The first-order chi connectivity index (χ1) is 16.7. The molecule has 186 valence electrons. The number of nitrogens with one attached hydrogen (secondary N) is 1. The fraction of sp³-hybridized carbons (Fsp3) is 0.593. The van der Waals surface area contributed by atoms with Crippen molar-refractivity contribution >= 4 is 11.9 Å². The van der Waals surface area contributed by atoms with Gasteiger partial charge in [0.1, 0.15) is 5.82 Å². The Labute approximate surface area is 206 Å². The van der Waals surface area contributed by atoms with Crippen molar-refractivity contribution in [2.45, 2.75) is 65.6 Å². The lowest BCUT2D eigenvalue weighted by molar-refractivity contribution is 0.255. The van der Waals surface area contributed by atoms with Gasteiger partial charge in [0.2, 0.25) is 0 Å². The van der Waals surface area contributed by atoms with Gasteiger partial charge < -0.3 is 14.8 Å². The summed E-state index contributed by atoms with van der Waals surface area (Å²) in [6.45, 7) is 12.8. The molecule has 7 nitrogen and oxygen atoms in total. The molecule has 0 spiro atoms. The molecule has 2 aromatic rings. The molecule has 7 heteroatoms. The molecular formula is C27H43N7. The van der Waals surface area contributed by atoms with Crippen LogP contribution in [0.1, 0.15) is 62.9 Å². The molecule has 1 N–H and O–H groups in total. The number of hydrogen-bond acceptors (Lipinski definition) is 6. The molecule has 0 amide bonds. The average molecular weight is 466 g/mol. The second kappa shape index (κ2) is 14.8. The van der Waals surface area contributed by atoms with Crippen LogP contribution in [0.5, 0.6) is 0 Å². The molecule has 0 radical (unpaired) electrons. The van der Waals surface area contributed by atoms with Crippen molar-refractivity contribution < 1.29 is 0 Å². The molecule has 1 aliphatic heterocycles. The lowest BCUT2D eigenvalue weighted by atomic mass is 10.1. The lowest BCUT2D eigenvalue weighted by Crippen LogP contribution is -2.29. The van der Waals surface area contributed by atoms with Gasteiger partial charge in [-0.2, -0.15) is 10.2 Å². The van der Waals surface area contributed by atoms with E-state index in [1.165, 1.54) is 56.4 Å². The average Bonchev–Trinajstić information content (AvgIpc) is 3.53. The quantitative estimate of drug-likeness (QED) is 0.348. The van der Waals surface area contributed by atoms with Gasteiger partial charge in [0.15, 0.2) is 0 Å². The smallest absolute Gasteiger partial charge is 0.120 e. The minimum atomic E-state index is 0.768. The fourth-order valence-corrected chi connectivity index (χ4v) is 4.51. The van der Waals surface area contributed by atoms with Crippen LogP contribution in [-0.2, 0) is 19.6 Å². The predicted molar refractivity (Wildman–Crippen MR) is 142 cm³/mol. The van der Waals surface area contributed by atoms with Crippen LogP contribution in [0.3, 0.4) is 0 Å². The third-order valence-electron chi connectivity index (χ3n) is 6.17. The summed E-state index contributed by atoms with van der Waals surface area (Å²) in [5, 5.41) is 8.28. The number of unbranched alkanes of at least 4 members (excludes halogenated alkanes) is 1. The van der Waals surface area contributed by atoms with Gasteiger partial charge in [-0.3, -0.25) is 4.90 Å². The maximum absolute atomic E-state index is 4.40. The molecule has 0 atom stereocenters. The van der Waals surface area contributed by atoms with E-state index in [1.807, 2.05) is 12.4 Å². The normalized spacial score (nSPS) is 13.5. The molecule has 3 rings (SSSR count). The SMILES string of the molecule is CCCN(CCC)CCCCN(C)Cc1ccc(CN(CC2=NN=CC2)Cc2ncc[nH]2)cc1. The van der Waals surface area contributed by atoms with Crippen LogP contribution in [0.25, 0.3) is 0 Å². The zero-order chi connectivity index (χ0) is 24.0. The van der Waals surface area contributed by atoms with E-state index < -0.39 is 0 Å². The van der Waals surface area contributed by atoms with E-state index in [0.717, 1.165) is 50.7 Å². The first kappa shape index (κ1) is 26.3. The van der Waals surface area contributed by atoms with Crippen LogP contribution >= 0.6 is 0 Å². The van der Waals surface area contributed by atoms with Crippen LogP contribution in [0.4, 0.5) is 0 Å². The molecule has 2 heterocycles. The van der Waals surface area contributed by atoms with Crippen molar-refractivity contribution in [1.82, 2.24) is 24.7 Å². The van der Waals surface area contributed by atoms with Crippen LogP contribution in [0.2, 0.25) is 0 Å². The minimum absolute atomic E-state index is 0.768. The summed E-state index contributed by atoms with van der Waals surface area (Å²) in [5.74, 6) is 0.977. The highest BCUT2D eigenvalue weighted by Crippen LogP contribution is 2.13. The molecule has 34 heavy (non-hydrogen) atoms. The van der Waals surface area contributed by atoms with Crippen LogP contribution in [0.15, 0.2) is 46.9 Å². The van der Waals surface area contributed by atoms with Gasteiger partial charge in [0.25, 0.3) is 0 Å². The van der Waals surface area contributed by atoms with E-state index in [-0.39, 0.29) is 0 Å². The number of hydrogen-bond donors (Lipinski definition) is 1. The number of aromatic nitrogens is 2. The van der Waals surface area contributed by atoms with E-state index in [2.05, 4.69) is 80.0 Å². The van der Waals surface area contributed by atoms with E-state index in [9.17, 15) is 0 Å². The third-order valence-corrected chi connectivity index (χ3v) is 6.17. The predicted octanol–water partition coefficient (Wildman–Crippen LogP) is 4.58. The Morgan fingerprint density at radius 3 is 2.15 bits per heavy atom. The minimum Gasteiger partial charge on any atom is -0.348 e. The van der Waals surface area contributed by atoms with Gasteiger partial charge in [-0.25, -0.2) is 4.98 Å². The summed E-state index contributed by atoms with van der Waals surface area (Å²) < 4.78 is 0. The summed E-state index contributed by atoms with van der Waals surface area (Å²) in [6.07, 6.45) is 11.4. The van der Waals surface area contributed by atoms with Crippen LogP contribution < -0.4 is 0 Å². The maximum atomic E-state index is 4.40. The van der Waals surface area contributed by atoms with Crippen molar-refractivity contribution in [3.8, 4) is 0 Å². The molecule has 0 fully saturated rings. The number of rotatable bonds is 17. The Hall–Kier alpha value is -2.35. The number of nitrogens with zero attached hydrogens (tertiary/aromatic N) is 6. The molecule has 0 saturated heterocycles. The molecule has 1 aliphatic rings. The summed E-state index contributed by atoms with van der Waals surface area (Å²) in [4.78, 5) is 15.0. The molecule has 1 aromatic heterocycles. The molecule has 0 bridgehead atoms. The Balaban J connectivity index is 1.43. The monoisotopic (exact) mass is 465 g/mol. The zero-order valence-electron chi connectivity index (χ0n) is 21.4. The van der Waals surface area contributed by atoms with E-state index in [1.54, 1.807) is 6.20 Å². The van der Waals surface area contributed by atoms with Gasteiger partial charge in [0.05, 0.1) is 12.3 Å². The lowest BCUT2D eigenvalue weighted by Gasteiger charge is -2.22. The molecule has 1 aromatic carbocycles. The van der Waals surface area contributed by atoms with E-state index >= 15 is 0 Å². The first-order valence-electron chi connectivity index (χ1n) is 12.9. The molecule has 0 unspecified atom stereocenters. The Morgan fingerprint density at radius 1 is 0.824 bits per heavy atom. The third kappa shape index (κ3) is 9.49. The Kier molecular flexibility index (Phi) is 11.4. The molecule has 0 aliphatic carbocycles. The Morgan fingerprint density at radius 2 is 1.53 bits per heavy atom. The van der Waals surface area contributed by atoms with Gasteiger partial charge in [-0.05, 0) is 70.0 Å². The highest BCUT2D eigenvalue weighted by Gasteiger charge is 2.14. The van der Waals surface area contributed by atoms with E-state index in [0.29, 0.717) is 0 Å². The standard InChI is InChI=1S/C27H43N7/c1-4-16-33(17-5-2)19-7-6-18-32(3)20-24-8-10-25(11-9-24)21-34(22-26-12-13-30-31-26)23-27-28-14-15-29-27/h8-11,13-15H,4-7,12,16-23H2,1-3H3,(H,28,29). The summed E-state index contributed by atoms with van der Waals surface area (Å²) >= 11 is 0. The summed E-state index contributed by atoms with van der Waals surface area (Å²) in [5.41, 5.74) is 3.79. The van der Waals surface area contributed by atoms with Gasteiger partial charge in [-0.1, -0.05) is 38.1 Å². The van der Waals surface area contributed by atoms with Crippen LogP contribution in [-0.4, -0.2) is 76.4 Å². The van der Waals surface area contributed by atoms with Crippen molar-refractivity contribution in [2.75, 3.05) is 39.8 Å². The highest BCUT2D eigenvalue weighted by molar-refractivity contribution is 5.99. The number of H-pyrrole nitrogens is 1. The second-order valence-electron chi connectivity index (χ2n) is 9.45. The maximum Gasteiger partial charge on any atom is 0.120 e. The highest BCUT2D eigenvalue weighted by atomic mass is 15.2. The molecular weight excluding hydrogens is 422 g/mol. The van der Waals surface area contributed by atoms with Gasteiger partial charge in [-0.15, -0.1) is 0 Å². The van der Waals surface area contributed by atoms with Gasteiger partial charge in [0, 0.05) is 44.7 Å². The number of imidazole rings is 1. The van der Waals surface area contributed by atoms with E-state index in [4.69, 9.17) is 0 Å². The number of aromatic amines is 1. The Bertz CT molecular complexity index is 852. The largest absolute Gasteiger partial charge is 0.348 e. The zero-order valence-corrected chi connectivity index (χ0v) is 21.4. The van der Waals surface area contributed by atoms with Gasteiger partial charge >= 0.3 is 0 Å². The van der Waals surface area contributed by atoms with Crippen molar-refractivity contribution in [1.29, 1.82) is 0 Å². The van der Waals surface area contributed by atoms with Crippen molar-refractivity contribution in [3.63, 3.8) is 0 Å². The molecule has 0 saturated carbocycles. The summed E-state index contributed by atoms with van der Waals surface area (Å²) in [6, 6.07) is 9.08. The summed E-state index contributed by atoms with van der Waals surface area (Å²) in [7, 11) is 2.24. The van der Waals surface area contributed by atoms with Crippen molar-refractivity contribution in [3.05, 3.63) is 53.6 Å². The number of benzene rings is 1. The first-order valence-corrected chi connectivity index (χ1v) is 12.9. The van der Waals surface area contributed by atoms with Crippen LogP contribution in [0, 0.1) is 0 Å². The van der Waals surface area contributed by atoms with Crippen molar-refractivity contribution in [2.24, 2.45) is 10.2 Å². The second-order valence-corrected chi connectivity index (χ2v) is 9.45.